The number of anilines is 1. The highest BCUT2D eigenvalue weighted by Gasteiger charge is 2.54. The quantitative estimate of drug-likeness (QED) is 0.747. The second-order valence-electron chi connectivity index (χ2n) is 7.26. The highest BCUT2D eigenvalue weighted by atomic mass is 19.1. The Kier molecular flexibility index (Phi) is 3.78. The van der Waals surface area contributed by atoms with Crippen LogP contribution >= 0.6 is 0 Å². The molecule has 1 aromatic carbocycles. The summed E-state index contributed by atoms with van der Waals surface area (Å²) in [6, 6.07) is 3.22. The first-order valence-electron chi connectivity index (χ1n) is 9.27. The van der Waals surface area contributed by atoms with Gasteiger partial charge in [0.05, 0.1) is 12.2 Å². The standard InChI is InChI=1S/C19H18F2N6O/c1-2-22-18(28)14-7-24-27-9-23-19(25-17(14)27)26-8-10-5-12(10)16(26)13-6-11(20)3-4-15(13)21/h3-4,6-7,9-10,12,16H,2,5,8H2,1H3,(H,22,28)/t10-,12?,16-/m1/s1. The third-order valence-corrected chi connectivity index (χ3v) is 5.52. The molecule has 1 amide bonds. The van der Waals surface area contributed by atoms with Gasteiger partial charge in [0, 0.05) is 18.7 Å². The first-order valence-corrected chi connectivity index (χ1v) is 9.27. The predicted molar refractivity (Wildman–Crippen MR) is 96.8 cm³/mol. The molecule has 0 bridgehead atoms. The molecule has 5 rings (SSSR count). The van der Waals surface area contributed by atoms with Gasteiger partial charge in [-0.25, -0.2) is 18.3 Å². The average Bonchev–Trinajstić information content (AvgIpc) is 3.16. The van der Waals surface area contributed by atoms with Crippen LogP contribution < -0.4 is 10.2 Å². The Morgan fingerprint density at radius 3 is 3.04 bits per heavy atom. The van der Waals surface area contributed by atoms with E-state index < -0.39 is 11.6 Å². The summed E-state index contributed by atoms with van der Waals surface area (Å²) in [5.74, 6) is -0.105. The van der Waals surface area contributed by atoms with Gasteiger partial charge in [0.25, 0.3) is 5.91 Å². The number of carbonyl (C=O) groups is 1. The molecule has 2 aliphatic rings. The minimum Gasteiger partial charge on any atom is -0.352 e. The molecule has 28 heavy (non-hydrogen) atoms. The summed E-state index contributed by atoms with van der Waals surface area (Å²) in [6.45, 7) is 3.00. The van der Waals surface area contributed by atoms with Crippen LogP contribution in [0.4, 0.5) is 14.7 Å². The molecule has 1 saturated heterocycles. The van der Waals surface area contributed by atoms with Crippen LogP contribution in [0.5, 0.6) is 0 Å². The highest BCUT2D eigenvalue weighted by molar-refractivity contribution is 5.99. The Bertz CT molecular complexity index is 1080. The Labute approximate surface area is 159 Å². The maximum Gasteiger partial charge on any atom is 0.256 e. The number of nitrogens with one attached hydrogen (secondary N) is 1. The number of amides is 1. The van der Waals surface area contributed by atoms with E-state index in [1.54, 1.807) is 0 Å². The maximum absolute atomic E-state index is 14.5. The number of benzene rings is 1. The zero-order valence-corrected chi connectivity index (χ0v) is 15.1. The molecule has 1 aliphatic heterocycles. The van der Waals surface area contributed by atoms with E-state index in [4.69, 9.17) is 0 Å². The van der Waals surface area contributed by atoms with Gasteiger partial charge in [-0.2, -0.15) is 10.1 Å². The minimum atomic E-state index is -0.467. The molecular weight excluding hydrogens is 366 g/mol. The molecule has 3 atom stereocenters. The van der Waals surface area contributed by atoms with E-state index in [0.29, 0.717) is 41.7 Å². The van der Waals surface area contributed by atoms with Gasteiger partial charge in [0.2, 0.25) is 5.95 Å². The van der Waals surface area contributed by atoms with E-state index in [1.807, 2.05) is 11.8 Å². The van der Waals surface area contributed by atoms with Crippen LogP contribution in [0.2, 0.25) is 0 Å². The first-order chi connectivity index (χ1) is 13.6. The molecule has 144 valence electrons. The summed E-state index contributed by atoms with van der Waals surface area (Å²) in [5.41, 5.74) is 1.06. The SMILES string of the molecule is CCNC(=O)c1cnn2cnc(N3C[C@H]4CC4[C@@H]3c3cc(F)ccc3F)nc12. The number of aromatic nitrogens is 4. The zero-order valence-electron chi connectivity index (χ0n) is 15.1. The Morgan fingerprint density at radius 2 is 2.21 bits per heavy atom. The molecule has 1 N–H and O–H groups in total. The molecular formula is C19H18F2N6O. The van der Waals surface area contributed by atoms with Gasteiger partial charge in [0.15, 0.2) is 5.65 Å². The third kappa shape index (κ3) is 2.61. The Balaban J connectivity index is 1.56. The molecule has 1 saturated carbocycles. The van der Waals surface area contributed by atoms with Gasteiger partial charge in [0.1, 0.15) is 23.5 Å². The van der Waals surface area contributed by atoms with Crippen molar-refractivity contribution in [3.63, 3.8) is 0 Å². The molecule has 3 aromatic rings. The molecule has 7 nitrogen and oxygen atoms in total. The van der Waals surface area contributed by atoms with E-state index in [-0.39, 0.29) is 17.9 Å². The topological polar surface area (TPSA) is 75.4 Å². The lowest BCUT2D eigenvalue weighted by molar-refractivity contribution is 0.0957. The summed E-state index contributed by atoms with van der Waals surface area (Å²) in [6.07, 6.45) is 3.92. The summed E-state index contributed by atoms with van der Waals surface area (Å²) >= 11 is 0. The number of hydrogen-bond donors (Lipinski definition) is 1. The summed E-state index contributed by atoms with van der Waals surface area (Å²) in [5, 5.41) is 6.85. The van der Waals surface area contributed by atoms with E-state index >= 15 is 0 Å². The van der Waals surface area contributed by atoms with E-state index in [9.17, 15) is 13.6 Å². The van der Waals surface area contributed by atoms with Crippen molar-refractivity contribution in [1.29, 1.82) is 0 Å². The van der Waals surface area contributed by atoms with Gasteiger partial charge in [-0.1, -0.05) is 0 Å². The van der Waals surface area contributed by atoms with Crippen LogP contribution in [0.3, 0.4) is 0 Å². The normalized spacial score (nSPS) is 23.1. The maximum atomic E-state index is 14.5. The van der Waals surface area contributed by atoms with Crippen LogP contribution in [0.1, 0.15) is 35.3 Å². The van der Waals surface area contributed by atoms with Gasteiger partial charge >= 0.3 is 0 Å². The lowest BCUT2D eigenvalue weighted by Gasteiger charge is -2.28. The molecule has 9 heteroatoms. The Hall–Kier alpha value is -3.10. The van der Waals surface area contributed by atoms with Crippen LogP contribution in [0.15, 0.2) is 30.7 Å². The fourth-order valence-corrected chi connectivity index (χ4v) is 4.15. The molecule has 1 aliphatic carbocycles. The van der Waals surface area contributed by atoms with Gasteiger partial charge in [-0.05, 0) is 43.4 Å². The molecule has 2 aromatic heterocycles. The van der Waals surface area contributed by atoms with E-state index in [1.165, 1.54) is 23.1 Å². The van der Waals surface area contributed by atoms with Gasteiger partial charge in [-0.3, -0.25) is 4.79 Å². The van der Waals surface area contributed by atoms with Crippen molar-refractivity contribution in [3.8, 4) is 0 Å². The predicted octanol–water partition coefficient (Wildman–Crippen LogP) is 2.35. The minimum absolute atomic E-state index is 0.254. The number of halogens is 2. The number of fused-ring (bicyclic) bond motifs is 2. The summed E-state index contributed by atoms with van der Waals surface area (Å²) in [4.78, 5) is 23.1. The highest BCUT2D eigenvalue weighted by Crippen LogP contribution is 2.57. The largest absolute Gasteiger partial charge is 0.352 e. The van der Waals surface area contributed by atoms with Crippen molar-refractivity contribution >= 4 is 17.5 Å². The zero-order chi connectivity index (χ0) is 19.4. The van der Waals surface area contributed by atoms with Crippen LogP contribution in [-0.2, 0) is 0 Å². The number of hydrogen-bond acceptors (Lipinski definition) is 5. The lowest BCUT2D eigenvalue weighted by Crippen LogP contribution is -2.29. The van der Waals surface area contributed by atoms with Crippen molar-refractivity contribution in [1.82, 2.24) is 24.9 Å². The van der Waals surface area contributed by atoms with Gasteiger partial charge in [-0.15, -0.1) is 0 Å². The van der Waals surface area contributed by atoms with E-state index in [0.717, 1.165) is 18.6 Å². The van der Waals surface area contributed by atoms with Crippen molar-refractivity contribution in [2.24, 2.45) is 11.8 Å². The monoisotopic (exact) mass is 384 g/mol. The van der Waals surface area contributed by atoms with E-state index in [2.05, 4.69) is 20.4 Å². The second-order valence-corrected chi connectivity index (χ2v) is 7.26. The van der Waals surface area contributed by atoms with Crippen LogP contribution in [0.25, 0.3) is 5.65 Å². The number of piperidine rings is 1. The molecule has 0 spiro atoms. The fraction of sp³-hybridized carbons (Fsp3) is 0.368. The van der Waals surface area contributed by atoms with Gasteiger partial charge < -0.3 is 10.2 Å². The lowest BCUT2D eigenvalue weighted by atomic mass is 10.0. The van der Waals surface area contributed by atoms with Crippen LogP contribution in [-0.4, -0.2) is 38.6 Å². The number of nitrogens with zero attached hydrogens (tertiary/aromatic N) is 5. The van der Waals surface area contributed by atoms with Crippen molar-refractivity contribution in [2.45, 2.75) is 19.4 Å². The van der Waals surface area contributed by atoms with Crippen molar-refractivity contribution in [3.05, 3.63) is 53.5 Å². The molecule has 1 unspecified atom stereocenters. The van der Waals surface area contributed by atoms with Crippen molar-refractivity contribution in [2.75, 3.05) is 18.0 Å². The second kappa shape index (κ2) is 6.22. The molecule has 2 fully saturated rings. The summed E-state index contributed by atoms with van der Waals surface area (Å²) < 4.78 is 29.7. The number of carbonyl (C=O) groups excluding carboxylic acids is 1. The summed E-state index contributed by atoms with van der Waals surface area (Å²) in [7, 11) is 0. The number of rotatable bonds is 4. The fourth-order valence-electron chi connectivity index (χ4n) is 4.15. The van der Waals surface area contributed by atoms with Crippen LogP contribution in [0, 0.1) is 23.5 Å². The molecule has 3 heterocycles. The van der Waals surface area contributed by atoms with Crippen molar-refractivity contribution < 1.29 is 13.6 Å². The smallest absolute Gasteiger partial charge is 0.256 e. The Morgan fingerprint density at radius 1 is 1.36 bits per heavy atom. The average molecular weight is 384 g/mol. The third-order valence-electron chi connectivity index (χ3n) is 5.52. The molecule has 0 radical (unpaired) electrons. The first kappa shape index (κ1) is 17.0.